The SMILES string of the molecule is C[C@@H](CCN1CCN(C)CC1)NC(=O)c1ccn(-c2ccccc2)n1. The van der Waals surface area contributed by atoms with Crippen LogP contribution in [0, 0.1) is 0 Å². The van der Waals surface area contributed by atoms with E-state index in [2.05, 4.69) is 34.2 Å². The van der Waals surface area contributed by atoms with Gasteiger partial charge in [-0.3, -0.25) is 4.79 Å². The Morgan fingerprint density at radius 3 is 2.60 bits per heavy atom. The van der Waals surface area contributed by atoms with Crippen molar-refractivity contribution in [2.75, 3.05) is 39.8 Å². The third-order valence-corrected chi connectivity index (χ3v) is 4.69. The number of likely N-dealkylation sites (N-methyl/N-ethyl adjacent to an activating group) is 1. The molecule has 0 radical (unpaired) electrons. The number of aromatic nitrogens is 2. The summed E-state index contributed by atoms with van der Waals surface area (Å²) in [6.45, 7) is 7.54. The summed E-state index contributed by atoms with van der Waals surface area (Å²) in [5.41, 5.74) is 1.40. The van der Waals surface area contributed by atoms with Crippen molar-refractivity contribution in [2.45, 2.75) is 19.4 Å². The largest absolute Gasteiger partial charge is 0.348 e. The summed E-state index contributed by atoms with van der Waals surface area (Å²) < 4.78 is 1.73. The lowest BCUT2D eigenvalue weighted by molar-refractivity contribution is 0.0926. The van der Waals surface area contributed by atoms with Crippen LogP contribution in [0.4, 0.5) is 0 Å². The van der Waals surface area contributed by atoms with Gasteiger partial charge in [-0.15, -0.1) is 0 Å². The highest BCUT2D eigenvalue weighted by Gasteiger charge is 2.16. The van der Waals surface area contributed by atoms with Gasteiger partial charge in [0.15, 0.2) is 5.69 Å². The predicted octanol–water partition coefficient (Wildman–Crippen LogP) is 1.63. The summed E-state index contributed by atoms with van der Waals surface area (Å²) in [5, 5.41) is 7.44. The van der Waals surface area contributed by atoms with Crippen molar-refractivity contribution >= 4 is 5.91 Å². The zero-order valence-electron chi connectivity index (χ0n) is 15.1. The van der Waals surface area contributed by atoms with E-state index in [1.165, 1.54) is 0 Å². The summed E-state index contributed by atoms with van der Waals surface area (Å²) in [4.78, 5) is 17.2. The highest BCUT2D eigenvalue weighted by Crippen LogP contribution is 2.07. The van der Waals surface area contributed by atoms with E-state index in [4.69, 9.17) is 0 Å². The first-order valence-corrected chi connectivity index (χ1v) is 8.94. The molecule has 0 saturated carbocycles. The molecule has 1 fully saturated rings. The summed E-state index contributed by atoms with van der Waals surface area (Å²) in [6, 6.07) is 11.7. The molecule has 6 nitrogen and oxygen atoms in total. The molecule has 3 rings (SSSR count). The fraction of sp³-hybridized carbons (Fsp3) is 0.474. The minimum atomic E-state index is -0.111. The average Bonchev–Trinajstić information content (AvgIpc) is 3.12. The number of hydrogen-bond acceptors (Lipinski definition) is 4. The van der Waals surface area contributed by atoms with E-state index in [0.717, 1.165) is 44.8 Å². The van der Waals surface area contributed by atoms with Gasteiger partial charge in [0.1, 0.15) is 0 Å². The lowest BCUT2D eigenvalue weighted by Crippen LogP contribution is -2.46. The minimum Gasteiger partial charge on any atom is -0.348 e. The van der Waals surface area contributed by atoms with Crippen molar-refractivity contribution in [3.8, 4) is 5.69 Å². The normalized spacial score (nSPS) is 17.4. The molecule has 1 aliphatic heterocycles. The van der Waals surface area contributed by atoms with Gasteiger partial charge in [0.05, 0.1) is 5.69 Å². The van der Waals surface area contributed by atoms with Crippen LogP contribution in [0.5, 0.6) is 0 Å². The third kappa shape index (κ3) is 4.90. The molecule has 1 aromatic carbocycles. The second-order valence-electron chi connectivity index (χ2n) is 6.79. The van der Waals surface area contributed by atoms with E-state index in [9.17, 15) is 4.79 Å². The molecule has 25 heavy (non-hydrogen) atoms. The zero-order valence-corrected chi connectivity index (χ0v) is 15.1. The molecule has 1 amide bonds. The Labute approximate surface area is 149 Å². The molecular weight excluding hydrogens is 314 g/mol. The van der Waals surface area contributed by atoms with Crippen LogP contribution >= 0.6 is 0 Å². The Morgan fingerprint density at radius 2 is 1.88 bits per heavy atom. The molecule has 0 aliphatic carbocycles. The highest BCUT2D eigenvalue weighted by atomic mass is 16.2. The molecule has 2 aromatic rings. The number of rotatable bonds is 6. The Balaban J connectivity index is 1.48. The number of carbonyl (C=O) groups is 1. The van der Waals surface area contributed by atoms with Gasteiger partial charge in [-0.05, 0) is 38.6 Å². The highest BCUT2D eigenvalue weighted by molar-refractivity contribution is 5.92. The molecule has 1 saturated heterocycles. The Hall–Kier alpha value is -2.18. The van der Waals surface area contributed by atoms with Crippen LogP contribution in [0.25, 0.3) is 5.69 Å². The Bertz CT molecular complexity index is 676. The number of para-hydroxylation sites is 1. The third-order valence-electron chi connectivity index (χ3n) is 4.69. The lowest BCUT2D eigenvalue weighted by Gasteiger charge is -2.32. The summed E-state index contributed by atoms with van der Waals surface area (Å²) in [7, 11) is 2.16. The molecule has 1 aromatic heterocycles. The molecular formula is C19H27N5O. The molecule has 0 bridgehead atoms. The molecule has 1 aliphatic rings. The van der Waals surface area contributed by atoms with Crippen molar-refractivity contribution in [1.29, 1.82) is 0 Å². The molecule has 2 heterocycles. The Kier molecular flexibility index (Phi) is 5.83. The number of carbonyl (C=O) groups excluding carboxylic acids is 1. The van der Waals surface area contributed by atoms with Gasteiger partial charge < -0.3 is 15.1 Å². The zero-order chi connectivity index (χ0) is 17.6. The standard InChI is InChI=1S/C19H27N5O/c1-16(8-10-23-14-12-22(2)13-15-23)20-19(25)18-9-11-24(21-18)17-6-4-3-5-7-17/h3-7,9,11,16H,8,10,12-15H2,1-2H3,(H,20,25)/t16-/m0/s1. The van der Waals surface area contributed by atoms with E-state index in [1.807, 2.05) is 36.5 Å². The van der Waals surface area contributed by atoms with Crippen LogP contribution in [0.2, 0.25) is 0 Å². The maximum atomic E-state index is 12.4. The molecule has 6 heteroatoms. The molecule has 0 unspecified atom stereocenters. The minimum absolute atomic E-state index is 0.111. The average molecular weight is 341 g/mol. The van der Waals surface area contributed by atoms with Gasteiger partial charge in [0, 0.05) is 45.0 Å². The molecule has 1 atom stereocenters. The van der Waals surface area contributed by atoms with Crippen molar-refractivity contribution < 1.29 is 4.79 Å². The molecule has 1 N–H and O–H groups in total. The van der Waals surface area contributed by atoms with E-state index >= 15 is 0 Å². The smallest absolute Gasteiger partial charge is 0.271 e. The second-order valence-corrected chi connectivity index (χ2v) is 6.79. The number of hydrogen-bond donors (Lipinski definition) is 1. The number of nitrogens with zero attached hydrogens (tertiary/aromatic N) is 4. The summed E-state index contributed by atoms with van der Waals surface area (Å²) >= 11 is 0. The van der Waals surface area contributed by atoms with Gasteiger partial charge in [-0.1, -0.05) is 18.2 Å². The maximum absolute atomic E-state index is 12.4. The topological polar surface area (TPSA) is 53.4 Å². The van der Waals surface area contributed by atoms with Gasteiger partial charge >= 0.3 is 0 Å². The quantitative estimate of drug-likeness (QED) is 0.868. The fourth-order valence-corrected chi connectivity index (χ4v) is 2.99. The maximum Gasteiger partial charge on any atom is 0.271 e. The summed E-state index contributed by atoms with van der Waals surface area (Å²) in [6.07, 6.45) is 2.77. The van der Waals surface area contributed by atoms with Crippen LogP contribution in [0.3, 0.4) is 0 Å². The predicted molar refractivity (Wildman–Crippen MR) is 99.0 cm³/mol. The number of nitrogens with one attached hydrogen (secondary N) is 1. The van der Waals surface area contributed by atoms with E-state index < -0.39 is 0 Å². The first-order chi connectivity index (χ1) is 12.1. The first-order valence-electron chi connectivity index (χ1n) is 8.94. The van der Waals surface area contributed by atoms with Crippen molar-refractivity contribution in [1.82, 2.24) is 24.9 Å². The molecule has 0 spiro atoms. The van der Waals surface area contributed by atoms with Gasteiger partial charge in [-0.2, -0.15) is 5.10 Å². The van der Waals surface area contributed by atoms with E-state index in [-0.39, 0.29) is 11.9 Å². The van der Waals surface area contributed by atoms with E-state index in [1.54, 1.807) is 10.7 Å². The van der Waals surface area contributed by atoms with Gasteiger partial charge in [-0.25, -0.2) is 4.68 Å². The van der Waals surface area contributed by atoms with Crippen LogP contribution in [-0.4, -0.2) is 71.3 Å². The van der Waals surface area contributed by atoms with Gasteiger partial charge in [0.25, 0.3) is 5.91 Å². The lowest BCUT2D eigenvalue weighted by atomic mass is 10.2. The van der Waals surface area contributed by atoms with Crippen LogP contribution in [0.15, 0.2) is 42.6 Å². The van der Waals surface area contributed by atoms with Gasteiger partial charge in [0.2, 0.25) is 0 Å². The van der Waals surface area contributed by atoms with Crippen LogP contribution in [-0.2, 0) is 0 Å². The van der Waals surface area contributed by atoms with Crippen molar-refractivity contribution in [2.24, 2.45) is 0 Å². The Morgan fingerprint density at radius 1 is 1.16 bits per heavy atom. The first kappa shape index (κ1) is 17.6. The summed E-state index contributed by atoms with van der Waals surface area (Å²) in [5.74, 6) is -0.111. The fourth-order valence-electron chi connectivity index (χ4n) is 2.99. The van der Waals surface area contributed by atoms with E-state index in [0.29, 0.717) is 5.69 Å². The van der Waals surface area contributed by atoms with Crippen molar-refractivity contribution in [3.05, 3.63) is 48.3 Å². The van der Waals surface area contributed by atoms with Crippen LogP contribution < -0.4 is 5.32 Å². The number of piperazine rings is 1. The number of benzene rings is 1. The number of amides is 1. The molecule has 134 valence electrons. The second kappa shape index (κ2) is 8.27. The monoisotopic (exact) mass is 341 g/mol. The van der Waals surface area contributed by atoms with Crippen LogP contribution in [0.1, 0.15) is 23.8 Å². The van der Waals surface area contributed by atoms with Crippen molar-refractivity contribution in [3.63, 3.8) is 0 Å².